The maximum Gasteiger partial charge on any atom is 0.243 e. The minimum absolute atomic E-state index is 0.0952. The van der Waals surface area contributed by atoms with Gasteiger partial charge in [-0.15, -0.1) is 10.2 Å². The number of Topliss-reactive ketones (excluding diaryl/α,β-unsaturated/α-hetero) is 1. The summed E-state index contributed by atoms with van der Waals surface area (Å²) in [5.41, 5.74) is 2.20. The number of carbonyl (C=O) groups excluding carboxylic acids is 1. The normalized spacial score (nSPS) is 14.8. The summed E-state index contributed by atoms with van der Waals surface area (Å²) in [4.78, 5) is 13.7. The highest BCUT2D eigenvalue weighted by atomic mass is 32.2. The van der Waals surface area contributed by atoms with Crippen LogP contribution in [0, 0.1) is 0 Å². The molecule has 9 heteroatoms. The van der Waals surface area contributed by atoms with Crippen LogP contribution in [-0.4, -0.2) is 61.5 Å². The monoisotopic (exact) mass is 466 g/mol. The van der Waals surface area contributed by atoms with E-state index in [1.165, 1.54) is 23.4 Å². The standard InChI is InChI=1S/C24H26N4O4S/c1-3-32-21-8-4-20(5-9-21)23-12-13-24(26-25-23)27-14-16-28(17-15-27)33(30,31)22-10-6-19(7-11-22)18(2)29/h4-13H,3,14-17H2,1-2H3. The van der Waals surface area contributed by atoms with Crippen LogP contribution in [0.1, 0.15) is 24.2 Å². The first kappa shape index (κ1) is 22.9. The number of sulfonamides is 1. The van der Waals surface area contributed by atoms with Crippen LogP contribution in [0.2, 0.25) is 0 Å². The molecule has 0 saturated carbocycles. The Hall–Kier alpha value is -3.30. The van der Waals surface area contributed by atoms with Crippen LogP contribution >= 0.6 is 0 Å². The molecule has 2 aromatic carbocycles. The lowest BCUT2D eigenvalue weighted by molar-refractivity contribution is 0.101. The van der Waals surface area contributed by atoms with Gasteiger partial charge in [0.2, 0.25) is 10.0 Å². The Morgan fingerprint density at radius 2 is 1.58 bits per heavy atom. The summed E-state index contributed by atoms with van der Waals surface area (Å²) in [6.07, 6.45) is 0. The van der Waals surface area contributed by atoms with E-state index in [2.05, 4.69) is 10.2 Å². The number of ketones is 1. The van der Waals surface area contributed by atoms with E-state index < -0.39 is 10.0 Å². The molecule has 0 radical (unpaired) electrons. The first-order valence-corrected chi connectivity index (χ1v) is 12.3. The molecule has 0 amide bonds. The number of aromatic nitrogens is 2. The smallest absolute Gasteiger partial charge is 0.243 e. The van der Waals surface area contributed by atoms with Gasteiger partial charge in [0.25, 0.3) is 0 Å². The van der Waals surface area contributed by atoms with Crippen LogP contribution < -0.4 is 9.64 Å². The number of hydrogen-bond acceptors (Lipinski definition) is 7. The average Bonchev–Trinajstić information content (AvgIpc) is 2.85. The van der Waals surface area contributed by atoms with Gasteiger partial charge in [-0.25, -0.2) is 8.42 Å². The summed E-state index contributed by atoms with van der Waals surface area (Å²) in [5.74, 6) is 1.43. The molecule has 0 spiro atoms. The van der Waals surface area contributed by atoms with Crippen LogP contribution in [0.3, 0.4) is 0 Å². The molecule has 4 rings (SSSR count). The molecule has 0 atom stereocenters. The third-order valence-corrected chi connectivity index (χ3v) is 7.49. The Bertz CT molecular complexity index is 1200. The zero-order valence-corrected chi connectivity index (χ0v) is 19.5. The van der Waals surface area contributed by atoms with Gasteiger partial charge in [-0.3, -0.25) is 4.79 Å². The molecule has 1 fully saturated rings. The van der Waals surface area contributed by atoms with E-state index in [1.807, 2.05) is 48.2 Å². The van der Waals surface area contributed by atoms with Crippen molar-refractivity contribution in [3.8, 4) is 17.0 Å². The Labute approximate surface area is 193 Å². The molecule has 0 unspecified atom stereocenters. The third kappa shape index (κ3) is 5.04. The lowest BCUT2D eigenvalue weighted by Gasteiger charge is -2.34. The number of benzene rings is 2. The van der Waals surface area contributed by atoms with Gasteiger partial charge in [0.15, 0.2) is 11.6 Å². The quantitative estimate of drug-likeness (QED) is 0.494. The molecule has 3 aromatic rings. The molecule has 1 aromatic heterocycles. The van der Waals surface area contributed by atoms with Crippen LogP contribution in [0.25, 0.3) is 11.3 Å². The lowest BCUT2D eigenvalue weighted by Crippen LogP contribution is -2.49. The highest BCUT2D eigenvalue weighted by Crippen LogP contribution is 2.23. The van der Waals surface area contributed by atoms with Crippen LogP contribution in [-0.2, 0) is 10.0 Å². The topological polar surface area (TPSA) is 92.7 Å². The molecule has 1 aliphatic rings. The van der Waals surface area contributed by atoms with Crippen molar-refractivity contribution in [3.63, 3.8) is 0 Å². The molecular weight excluding hydrogens is 440 g/mol. The average molecular weight is 467 g/mol. The number of hydrogen-bond donors (Lipinski definition) is 0. The van der Waals surface area contributed by atoms with Crippen LogP contribution in [0.15, 0.2) is 65.6 Å². The largest absolute Gasteiger partial charge is 0.494 e. The van der Waals surface area contributed by atoms with E-state index in [0.29, 0.717) is 44.2 Å². The fourth-order valence-electron chi connectivity index (χ4n) is 3.70. The van der Waals surface area contributed by atoms with Gasteiger partial charge in [-0.1, -0.05) is 12.1 Å². The van der Waals surface area contributed by atoms with Crippen LogP contribution in [0.4, 0.5) is 5.82 Å². The summed E-state index contributed by atoms with van der Waals surface area (Å²) in [6, 6.07) is 17.6. The Morgan fingerprint density at radius 3 is 2.12 bits per heavy atom. The van der Waals surface area contributed by atoms with Crippen molar-refractivity contribution in [2.45, 2.75) is 18.7 Å². The maximum atomic E-state index is 13.0. The summed E-state index contributed by atoms with van der Waals surface area (Å²) < 4.78 is 32.9. The van der Waals surface area contributed by atoms with Crippen molar-refractivity contribution in [3.05, 3.63) is 66.2 Å². The van der Waals surface area contributed by atoms with Gasteiger partial charge in [0, 0.05) is 37.3 Å². The molecule has 33 heavy (non-hydrogen) atoms. The Morgan fingerprint density at radius 1 is 0.909 bits per heavy atom. The molecular formula is C24H26N4O4S. The molecule has 8 nitrogen and oxygen atoms in total. The Kier molecular flexibility index (Phi) is 6.71. The molecule has 0 bridgehead atoms. The second-order valence-corrected chi connectivity index (χ2v) is 9.64. The number of piperazine rings is 1. The summed E-state index contributed by atoms with van der Waals surface area (Å²) in [6.45, 7) is 5.74. The van der Waals surface area contributed by atoms with Crippen molar-refractivity contribution in [2.75, 3.05) is 37.7 Å². The molecule has 1 aliphatic heterocycles. The molecule has 0 aliphatic carbocycles. The molecule has 1 saturated heterocycles. The first-order valence-electron chi connectivity index (χ1n) is 10.8. The zero-order chi connectivity index (χ0) is 23.4. The van der Waals surface area contributed by atoms with Gasteiger partial charge in [-0.2, -0.15) is 4.31 Å². The minimum Gasteiger partial charge on any atom is -0.494 e. The van der Waals surface area contributed by atoms with E-state index >= 15 is 0 Å². The van der Waals surface area contributed by atoms with Gasteiger partial charge in [0.1, 0.15) is 5.75 Å². The van der Waals surface area contributed by atoms with Crippen molar-refractivity contribution >= 4 is 21.6 Å². The van der Waals surface area contributed by atoms with Crippen molar-refractivity contribution in [1.29, 1.82) is 0 Å². The predicted octanol–water partition coefficient (Wildman–Crippen LogP) is 3.26. The van der Waals surface area contributed by atoms with Crippen LogP contribution in [0.5, 0.6) is 5.75 Å². The van der Waals surface area contributed by atoms with Crippen molar-refractivity contribution in [1.82, 2.24) is 14.5 Å². The molecule has 0 N–H and O–H groups in total. The lowest BCUT2D eigenvalue weighted by atomic mass is 10.1. The van der Waals surface area contributed by atoms with E-state index in [4.69, 9.17) is 4.74 Å². The first-order chi connectivity index (χ1) is 15.9. The number of rotatable bonds is 7. The molecule has 2 heterocycles. The summed E-state index contributed by atoms with van der Waals surface area (Å²) in [5, 5.41) is 8.70. The van der Waals surface area contributed by atoms with Gasteiger partial charge in [0.05, 0.1) is 17.2 Å². The van der Waals surface area contributed by atoms with Gasteiger partial charge < -0.3 is 9.64 Å². The van der Waals surface area contributed by atoms with Gasteiger partial charge >= 0.3 is 0 Å². The number of nitrogens with zero attached hydrogens (tertiary/aromatic N) is 4. The second-order valence-electron chi connectivity index (χ2n) is 7.71. The number of ether oxygens (including phenoxy) is 1. The number of carbonyl (C=O) groups is 1. The van der Waals surface area contributed by atoms with Crippen molar-refractivity contribution < 1.29 is 17.9 Å². The minimum atomic E-state index is -3.61. The van der Waals surface area contributed by atoms with Gasteiger partial charge in [-0.05, 0) is 62.4 Å². The van der Waals surface area contributed by atoms with Crippen molar-refractivity contribution in [2.24, 2.45) is 0 Å². The summed E-state index contributed by atoms with van der Waals surface area (Å²) >= 11 is 0. The summed E-state index contributed by atoms with van der Waals surface area (Å²) in [7, 11) is -3.61. The van der Waals surface area contributed by atoms with E-state index in [9.17, 15) is 13.2 Å². The SMILES string of the molecule is CCOc1ccc(-c2ccc(N3CCN(S(=O)(=O)c4ccc(C(C)=O)cc4)CC3)nn2)cc1. The second kappa shape index (κ2) is 9.68. The third-order valence-electron chi connectivity index (χ3n) is 5.57. The molecule has 172 valence electrons. The zero-order valence-electron chi connectivity index (χ0n) is 18.6. The predicted molar refractivity (Wildman–Crippen MR) is 126 cm³/mol. The fraction of sp³-hybridized carbons (Fsp3) is 0.292. The number of anilines is 1. The maximum absolute atomic E-state index is 13.0. The highest BCUT2D eigenvalue weighted by molar-refractivity contribution is 7.89. The highest BCUT2D eigenvalue weighted by Gasteiger charge is 2.29. The van der Waals surface area contributed by atoms with E-state index in [-0.39, 0.29) is 10.7 Å². The Balaban J connectivity index is 1.39. The fourth-order valence-corrected chi connectivity index (χ4v) is 5.13. The van der Waals surface area contributed by atoms with E-state index in [1.54, 1.807) is 12.1 Å². The van der Waals surface area contributed by atoms with E-state index in [0.717, 1.165) is 17.0 Å².